The largest absolute Gasteiger partial charge is 0.368 e. The molecule has 0 spiro atoms. The summed E-state index contributed by atoms with van der Waals surface area (Å²) in [6.07, 6.45) is 4.59. The van der Waals surface area contributed by atoms with E-state index in [9.17, 15) is 0 Å². The normalized spacial score (nSPS) is 14.5. The third kappa shape index (κ3) is 4.28. The van der Waals surface area contributed by atoms with Gasteiger partial charge < -0.3 is 10.7 Å². The van der Waals surface area contributed by atoms with Crippen molar-refractivity contribution in [2.24, 2.45) is 5.84 Å². The molecule has 0 unspecified atom stereocenters. The maximum atomic E-state index is 5.55. The molecule has 0 radical (unpaired) electrons. The molecule has 21 heavy (non-hydrogen) atoms. The minimum Gasteiger partial charge on any atom is -0.368 e. The Balaban J connectivity index is 1.98. The summed E-state index contributed by atoms with van der Waals surface area (Å²) >= 11 is 0. The van der Waals surface area contributed by atoms with Crippen molar-refractivity contribution in [2.45, 2.75) is 52.5 Å². The third-order valence-electron chi connectivity index (χ3n) is 3.96. The lowest BCUT2D eigenvalue weighted by atomic mass is 10.2. The molecule has 1 aromatic rings. The molecule has 0 saturated heterocycles. The number of likely N-dealkylation sites (N-methyl/N-ethyl adjacent to an activating group) is 1. The van der Waals surface area contributed by atoms with E-state index in [0.29, 0.717) is 5.82 Å². The number of aromatic nitrogens is 2. The van der Waals surface area contributed by atoms with Crippen LogP contribution in [0.5, 0.6) is 0 Å². The topological polar surface area (TPSA) is 79.1 Å². The molecule has 0 aliphatic heterocycles. The number of nitrogen functional groups attached to an aromatic ring is 1. The average molecular weight is 292 g/mol. The van der Waals surface area contributed by atoms with E-state index in [4.69, 9.17) is 5.84 Å². The second-order valence-corrected chi connectivity index (χ2v) is 5.64. The fourth-order valence-corrected chi connectivity index (χ4v) is 2.57. The number of hydrogen-bond donors (Lipinski definition) is 3. The molecule has 6 heteroatoms. The lowest BCUT2D eigenvalue weighted by Gasteiger charge is -2.20. The molecule has 118 valence electrons. The molecule has 2 rings (SSSR count). The van der Waals surface area contributed by atoms with Crippen molar-refractivity contribution < 1.29 is 0 Å². The standard InChI is InChI=1S/C15H28N6/c1-4-6-13-18-14(11(3)15(19-13)20-16)17-9-10-21(5-2)12-7-8-12/h12H,4-10,16H2,1-3H3,(H2,17,18,19,20). The molecular weight excluding hydrogens is 264 g/mol. The highest BCUT2D eigenvalue weighted by Crippen LogP contribution is 2.26. The van der Waals surface area contributed by atoms with Crippen LogP contribution in [0.15, 0.2) is 0 Å². The van der Waals surface area contributed by atoms with E-state index >= 15 is 0 Å². The van der Waals surface area contributed by atoms with Crippen molar-refractivity contribution in [1.82, 2.24) is 14.9 Å². The zero-order valence-corrected chi connectivity index (χ0v) is 13.4. The molecule has 4 N–H and O–H groups in total. The molecule has 1 aliphatic rings. The first-order valence-electron chi connectivity index (χ1n) is 8.01. The molecular formula is C15H28N6. The first-order chi connectivity index (χ1) is 10.2. The highest BCUT2D eigenvalue weighted by Gasteiger charge is 2.27. The molecule has 1 heterocycles. The van der Waals surface area contributed by atoms with Crippen molar-refractivity contribution in [3.05, 3.63) is 11.4 Å². The smallest absolute Gasteiger partial charge is 0.148 e. The number of hydrogen-bond acceptors (Lipinski definition) is 6. The van der Waals surface area contributed by atoms with Crippen molar-refractivity contribution in [3.63, 3.8) is 0 Å². The number of nitrogens with two attached hydrogens (primary N) is 1. The van der Waals surface area contributed by atoms with E-state index in [1.165, 1.54) is 12.8 Å². The molecule has 0 atom stereocenters. The molecule has 0 bridgehead atoms. The van der Waals surface area contributed by atoms with Gasteiger partial charge in [0.2, 0.25) is 0 Å². The minimum absolute atomic E-state index is 0.713. The molecule has 1 aromatic heterocycles. The van der Waals surface area contributed by atoms with Crippen LogP contribution in [0.4, 0.5) is 11.6 Å². The Kier molecular flexibility index (Phi) is 5.76. The Morgan fingerprint density at radius 1 is 1.24 bits per heavy atom. The zero-order chi connectivity index (χ0) is 15.2. The van der Waals surface area contributed by atoms with E-state index in [-0.39, 0.29) is 0 Å². The molecule has 1 aliphatic carbocycles. The lowest BCUT2D eigenvalue weighted by Crippen LogP contribution is -2.31. The van der Waals surface area contributed by atoms with Crippen LogP contribution in [-0.4, -0.2) is 40.5 Å². The van der Waals surface area contributed by atoms with Gasteiger partial charge in [0.15, 0.2) is 0 Å². The number of nitrogens with one attached hydrogen (secondary N) is 2. The number of aryl methyl sites for hydroxylation is 1. The van der Waals surface area contributed by atoms with Crippen LogP contribution in [0, 0.1) is 6.92 Å². The molecule has 1 fully saturated rings. The molecule has 6 nitrogen and oxygen atoms in total. The number of rotatable bonds is 9. The van der Waals surface area contributed by atoms with E-state index in [1.807, 2.05) is 6.92 Å². The average Bonchev–Trinajstić information content (AvgIpc) is 3.31. The van der Waals surface area contributed by atoms with Gasteiger partial charge in [0, 0.05) is 31.1 Å². The van der Waals surface area contributed by atoms with Gasteiger partial charge in [-0.25, -0.2) is 15.8 Å². The van der Waals surface area contributed by atoms with Gasteiger partial charge in [0.1, 0.15) is 17.5 Å². The van der Waals surface area contributed by atoms with Gasteiger partial charge in [-0.1, -0.05) is 13.8 Å². The zero-order valence-electron chi connectivity index (χ0n) is 13.4. The first-order valence-corrected chi connectivity index (χ1v) is 8.01. The van der Waals surface area contributed by atoms with Gasteiger partial charge in [-0.3, -0.25) is 4.90 Å². The number of anilines is 2. The number of hydrazine groups is 1. The summed E-state index contributed by atoms with van der Waals surface area (Å²) in [5.41, 5.74) is 3.65. The van der Waals surface area contributed by atoms with Crippen LogP contribution < -0.4 is 16.6 Å². The van der Waals surface area contributed by atoms with Crippen LogP contribution in [0.1, 0.15) is 44.5 Å². The van der Waals surface area contributed by atoms with Crippen molar-refractivity contribution in [1.29, 1.82) is 0 Å². The summed E-state index contributed by atoms with van der Waals surface area (Å²) < 4.78 is 0. The summed E-state index contributed by atoms with van der Waals surface area (Å²) in [6, 6.07) is 0.806. The predicted octanol–water partition coefficient (Wildman–Crippen LogP) is 1.92. The van der Waals surface area contributed by atoms with E-state index in [0.717, 1.165) is 55.7 Å². The predicted molar refractivity (Wildman–Crippen MR) is 87.3 cm³/mol. The van der Waals surface area contributed by atoms with Gasteiger partial charge in [-0.05, 0) is 32.7 Å². The Hall–Kier alpha value is -1.40. The maximum absolute atomic E-state index is 5.55. The molecule has 1 saturated carbocycles. The Morgan fingerprint density at radius 2 is 1.95 bits per heavy atom. The van der Waals surface area contributed by atoms with Gasteiger partial charge in [0.25, 0.3) is 0 Å². The van der Waals surface area contributed by atoms with Gasteiger partial charge in [0.05, 0.1) is 0 Å². The highest BCUT2D eigenvalue weighted by atomic mass is 15.3. The van der Waals surface area contributed by atoms with Gasteiger partial charge in [-0.15, -0.1) is 0 Å². The lowest BCUT2D eigenvalue weighted by molar-refractivity contribution is 0.289. The van der Waals surface area contributed by atoms with Crippen molar-refractivity contribution in [2.75, 3.05) is 30.4 Å². The Bertz CT molecular complexity index is 458. The fourth-order valence-electron chi connectivity index (χ4n) is 2.57. The number of nitrogens with zero attached hydrogens (tertiary/aromatic N) is 3. The summed E-state index contributed by atoms with van der Waals surface area (Å²) in [5, 5.41) is 3.45. The van der Waals surface area contributed by atoms with Crippen LogP contribution in [0.25, 0.3) is 0 Å². The highest BCUT2D eigenvalue weighted by molar-refractivity contribution is 5.56. The Morgan fingerprint density at radius 3 is 2.52 bits per heavy atom. The van der Waals surface area contributed by atoms with Crippen LogP contribution in [0.2, 0.25) is 0 Å². The summed E-state index contributed by atoms with van der Waals surface area (Å²) in [6.45, 7) is 9.42. The van der Waals surface area contributed by atoms with Crippen molar-refractivity contribution >= 4 is 11.6 Å². The summed E-state index contributed by atoms with van der Waals surface area (Å²) in [5.74, 6) is 8.01. The van der Waals surface area contributed by atoms with E-state index < -0.39 is 0 Å². The molecule has 0 aromatic carbocycles. The quantitative estimate of drug-likeness (QED) is 0.477. The summed E-state index contributed by atoms with van der Waals surface area (Å²) in [7, 11) is 0. The SMILES string of the molecule is CCCc1nc(NN)c(C)c(NCCN(CC)C2CC2)n1. The first kappa shape index (κ1) is 16.0. The monoisotopic (exact) mass is 292 g/mol. The second-order valence-electron chi connectivity index (χ2n) is 5.64. The van der Waals surface area contributed by atoms with Crippen molar-refractivity contribution in [3.8, 4) is 0 Å². The fraction of sp³-hybridized carbons (Fsp3) is 0.733. The Labute approximate surface area is 127 Å². The maximum Gasteiger partial charge on any atom is 0.148 e. The second kappa shape index (κ2) is 7.56. The van der Waals surface area contributed by atoms with Crippen LogP contribution in [-0.2, 0) is 6.42 Å². The molecule has 0 amide bonds. The van der Waals surface area contributed by atoms with Crippen LogP contribution >= 0.6 is 0 Å². The minimum atomic E-state index is 0.713. The van der Waals surface area contributed by atoms with Gasteiger partial charge in [-0.2, -0.15) is 0 Å². The van der Waals surface area contributed by atoms with Crippen LogP contribution in [0.3, 0.4) is 0 Å². The van der Waals surface area contributed by atoms with E-state index in [1.54, 1.807) is 0 Å². The van der Waals surface area contributed by atoms with Gasteiger partial charge >= 0.3 is 0 Å². The third-order valence-corrected chi connectivity index (χ3v) is 3.96. The summed E-state index contributed by atoms with van der Waals surface area (Å²) in [4.78, 5) is 11.6. The van der Waals surface area contributed by atoms with E-state index in [2.05, 4.69) is 39.5 Å².